The maximum absolute atomic E-state index is 11.0. The molecule has 1 heterocycles. The van der Waals surface area contributed by atoms with E-state index in [2.05, 4.69) is 5.32 Å². The Hall–Kier alpha value is -1.75. The highest BCUT2D eigenvalue weighted by atomic mass is 16.5. The highest BCUT2D eigenvalue weighted by Crippen LogP contribution is 2.31. The topological polar surface area (TPSA) is 56.8 Å². The summed E-state index contributed by atoms with van der Waals surface area (Å²) in [4.78, 5) is 11.0. The Morgan fingerprint density at radius 3 is 2.76 bits per heavy atom. The monoisotopic (exact) mass is 237 g/mol. The number of hydrogen-bond acceptors (Lipinski definition) is 4. The number of carbonyl (C=O) groups is 1. The maximum atomic E-state index is 11.0. The summed E-state index contributed by atoms with van der Waals surface area (Å²) in [5.74, 6) is 1.34. The summed E-state index contributed by atoms with van der Waals surface area (Å²) in [5.41, 5.74) is 0.910. The summed E-state index contributed by atoms with van der Waals surface area (Å²) in [5, 5.41) is 2.76. The third kappa shape index (κ3) is 2.50. The number of morpholine rings is 1. The van der Waals surface area contributed by atoms with E-state index in [1.54, 1.807) is 20.3 Å². The van der Waals surface area contributed by atoms with Gasteiger partial charge in [-0.05, 0) is 12.1 Å². The molecule has 1 saturated heterocycles. The van der Waals surface area contributed by atoms with Crippen molar-refractivity contribution in [1.29, 1.82) is 0 Å². The fourth-order valence-electron chi connectivity index (χ4n) is 1.78. The Bertz CT molecular complexity index is 409. The molecule has 1 aromatic rings. The second-order valence-electron chi connectivity index (χ2n) is 3.71. The zero-order chi connectivity index (χ0) is 12.3. The van der Waals surface area contributed by atoms with Crippen molar-refractivity contribution in [3.8, 4) is 11.5 Å². The molecule has 92 valence electrons. The highest BCUT2D eigenvalue weighted by Gasteiger charge is 2.23. The molecule has 1 aromatic carbocycles. The SMILES string of the molecule is COc1ccc(C2CNC(=O)CO2)c(OC)c1. The first-order valence-corrected chi connectivity index (χ1v) is 5.35. The molecule has 1 aliphatic rings. The van der Waals surface area contributed by atoms with E-state index in [0.717, 1.165) is 11.3 Å². The number of hydrogen-bond donors (Lipinski definition) is 1. The van der Waals surface area contributed by atoms with Crippen LogP contribution in [0.3, 0.4) is 0 Å². The van der Waals surface area contributed by atoms with Crippen molar-refractivity contribution in [2.45, 2.75) is 6.10 Å². The first-order chi connectivity index (χ1) is 8.24. The number of nitrogens with one attached hydrogen (secondary N) is 1. The lowest BCUT2D eigenvalue weighted by atomic mass is 10.1. The van der Waals surface area contributed by atoms with Gasteiger partial charge in [0, 0.05) is 18.2 Å². The number of benzene rings is 1. The smallest absolute Gasteiger partial charge is 0.246 e. The van der Waals surface area contributed by atoms with Crippen molar-refractivity contribution in [1.82, 2.24) is 5.32 Å². The first-order valence-electron chi connectivity index (χ1n) is 5.35. The van der Waals surface area contributed by atoms with Crippen molar-refractivity contribution in [2.75, 3.05) is 27.4 Å². The fraction of sp³-hybridized carbons (Fsp3) is 0.417. The molecular weight excluding hydrogens is 222 g/mol. The third-order valence-corrected chi connectivity index (χ3v) is 2.69. The number of amides is 1. The van der Waals surface area contributed by atoms with Crippen molar-refractivity contribution >= 4 is 5.91 Å². The molecule has 1 amide bonds. The highest BCUT2D eigenvalue weighted by molar-refractivity contribution is 5.77. The van der Waals surface area contributed by atoms with Crippen LogP contribution in [0.4, 0.5) is 0 Å². The van der Waals surface area contributed by atoms with Crippen LogP contribution in [0.15, 0.2) is 18.2 Å². The molecule has 0 spiro atoms. The van der Waals surface area contributed by atoms with Gasteiger partial charge in [-0.25, -0.2) is 0 Å². The molecule has 1 N–H and O–H groups in total. The molecule has 1 unspecified atom stereocenters. The number of ether oxygens (including phenoxy) is 3. The summed E-state index contributed by atoms with van der Waals surface area (Å²) in [7, 11) is 3.20. The Morgan fingerprint density at radius 2 is 2.18 bits per heavy atom. The molecule has 1 fully saturated rings. The molecular formula is C12H15NO4. The maximum Gasteiger partial charge on any atom is 0.246 e. The van der Waals surface area contributed by atoms with Crippen molar-refractivity contribution < 1.29 is 19.0 Å². The van der Waals surface area contributed by atoms with E-state index in [0.29, 0.717) is 12.3 Å². The summed E-state index contributed by atoms with van der Waals surface area (Å²) >= 11 is 0. The summed E-state index contributed by atoms with van der Waals surface area (Å²) in [6.07, 6.45) is -0.173. The van der Waals surface area contributed by atoms with E-state index in [9.17, 15) is 4.79 Å². The van der Waals surface area contributed by atoms with E-state index >= 15 is 0 Å². The van der Waals surface area contributed by atoms with E-state index in [4.69, 9.17) is 14.2 Å². The van der Waals surface area contributed by atoms with Gasteiger partial charge in [0.15, 0.2) is 0 Å². The van der Waals surface area contributed by atoms with E-state index < -0.39 is 0 Å². The van der Waals surface area contributed by atoms with Gasteiger partial charge in [0.2, 0.25) is 5.91 Å². The molecule has 0 aromatic heterocycles. The summed E-state index contributed by atoms with van der Waals surface area (Å²) in [6, 6.07) is 5.53. The van der Waals surface area contributed by atoms with Gasteiger partial charge < -0.3 is 19.5 Å². The lowest BCUT2D eigenvalue weighted by Gasteiger charge is -2.25. The standard InChI is InChI=1S/C12H15NO4/c1-15-8-3-4-9(10(5-8)16-2)11-6-13-12(14)7-17-11/h3-5,11H,6-7H2,1-2H3,(H,13,14). The molecule has 1 aliphatic heterocycles. The molecule has 2 rings (SSSR count). The van der Waals surface area contributed by atoms with Gasteiger partial charge in [-0.3, -0.25) is 4.79 Å². The number of carbonyl (C=O) groups excluding carboxylic acids is 1. The van der Waals surface area contributed by atoms with Crippen molar-refractivity contribution in [3.05, 3.63) is 23.8 Å². The van der Waals surface area contributed by atoms with Crippen LogP contribution in [0.25, 0.3) is 0 Å². The van der Waals surface area contributed by atoms with Gasteiger partial charge in [-0.2, -0.15) is 0 Å². The quantitative estimate of drug-likeness (QED) is 0.848. The molecule has 0 bridgehead atoms. The minimum absolute atomic E-state index is 0.0832. The Balaban J connectivity index is 2.22. The molecule has 1 atom stereocenters. The van der Waals surface area contributed by atoms with E-state index in [1.807, 2.05) is 12.1 Å². The first kappa shape index (κ1) is 11.7. The normalized spacial score (nSPS) is 19.6. The lowest BCUT2D eigenvalue weighted by Crippen LogP contribution is -2.38. The Labute approximate surface area is 99.7 Å². The molecule has 0 aliphatic carbocycles. The van der Waals surface area contributed by atoms with Gasteiger partial charge >= 0.3 is 0 Å². The van der Waals surface area contributed by atoms with Crippen LogP contribution >= 0.6 is 0 Å². The largest absolute Gasteiger partial charge is 0.497 e. The lowest BCUT2D eigenvalue weighted by molar-refractivity contribution is -0.133. The predicted molar refractivity (Wildman–Crippen MR) is 61.2 cm³/mol. The predicted octanol–water partition coefficient (Wildman–Crippen LogP) is 0.891. The molecule has 5 heteroatoms. The van der Waals surface area contributed by atoms with Crippen LogP contribution in [0.5, 0.6) is 11.5 Å². The number of methoxy groups -OCH3 is 2. The Kier molecular flexibility index (Phi) is 3.49. The van der Waals surface area contributed by atoms with Crippen molar-refractivity contribution in [3.63, 3.8) is 0 Å². The van der Waals surface area contributed by atoms with Crippen molar-refractivity contribution in [2.24, 2.45) is 0 Å². The fourth-order valence-corrected chi connectivity index (χ4v) is 1.78. The Morgan fingerprint density at radius 1 is 1.35 bits per heavy atom. The third-order valence-electron chi connectivity index (χ3n) is 2.69. The summed E-state index contributed by atoms with van der Waals surface area (Å²) in [6.45, 7) is 0.543. The van der Waals surface area contributed by atoms with Gasteiger partial charge in [-0.15, -0.1) is 0 Å². The minimum atomic E-state index is -0.173. The number of rotatable bonds is 3. The van der Waals surface area contributed by atoms with Crippen LogP contribution < -0.4 is 14.8 Å². The van der Waals surface area contributed by atoms with Crippen LogP contribution in [0, 0.1) is 0 Å². The molecule has 0 saturated carbocycles. The zero-order valence-corrected chi connectivity index (χ0v) is 9.86. The minimum Gasteiger partial charge on any atom is -0.497 e. The molecule has 5 nitrogen and oxygen atoms in total. The summed E-state index contributed by atoms with van der Waals surface area (Å²) < 4.78 is 15.9. The van der Waals surface area contributed by atoms with Gasteiger partial charge in [0.25, 0.3) is 0 Å². The van der Waals surface area contributed by atoms with Crippen LogP contribution in [-0.4, -0.2) is 33.3 Å². The van der Waals surface area contributed by atoms with Crippen LogP contribution in [-0.2, 0) is 9.53 Å². The van der Waals surface area contributed by atoms with Crippen LogP contribution in [0.2, 0.25) is 0 Å². The molecule has 0 radical (unpaired) electrons. The second kappa shape index (κ2) is 5.05. The van der Waals surface area contributed by atoms with Gasteiger partial charge in [0.1, 0.15) is 24.2 Å². The average molecular weight is 237 g/mol. The van der Waals surface area contributed by atoms with E-state index in [-0.39, 0.29) is 18.6 Å². The van der Waals surface area contributed by atoms with Crippen LogP contribution in [0.1, 0.15) is 11.7 Å². The second-order valence-corrected chi connectivity index (χ2v) is 3.71. The molecule has 17 heavy (non-hydrogen) atoms. The zero-order valence-electron chi connectivity index (χ0n) is 9.86. The van der Waals surface area contributed by atoms with Gasteiger partial charge in [-0.1, -0.05) is 0 Å². The van der Waals surface area contributed by atoms with Gasteiger partial charge in [0.05, 0.1) is 14.2 Å². The van der Waals surface area contributed by atoms with E-state index in [1.165, 1.54) is 0 Å². The average Bonchev–Trinajstić information content (AvgIpc) is 2.39.